The second-order valence-corrected chi connectivity index (χ2v) is 8.78. The molecule has 0 unspecified atom stereocenters. The highest BCUT2D eigenvalue weighted by atomic mass is 32.2. The lowest BCUT2D eigenvalue weighted by Gasteiger charge is -2.13. The number of nitriles is 1. The number of anilines is 1. The third-order valence-electron chi connectivity index (χ3n) is 5.35. The average molecular weight is 511 g/mol. The maximum atomic E-state index is 12.6. The van der Waals surface area contributed by atoms with E-state index in [1.165, 1.54) is 24.3 Å². The number of non-ortho nitro benzene ring substituents is 1. The minimum Gasteiger partial charge on any atom is -0.494 e. The van der Waals surface area contributed by atoms with Gasteiger partial charge in [0.2, 0.25) is 5.91 Å². The van der Waals surface area contributed by atoms with Crippen LogP contribution in [0.4, 0.5) is 11.4 Å². The van der Waals surface area contributed by atoms with Gasteiger partial charge in [-0.2, -0.15) is 5.26 Å². The Balaban J connectivity index is 1.63. The maximum absolute atomic E-state index is 12.6. The van der Waals surface area contributed by atoms with Crippen LogP contribution in [-0.4, -0.2) is 28.2 Å². The summed E-state index contributed by atoms with van der Waals surface area (Å²) in [6.07, 6.45) is 0. The number of carbonyl (C=O) groups excluding carboxylic acids is 1. The Morgan fingerprint density at radius 1 is 1.05 bits per heavy atom. The minimum atomic E-state index is -0.502. The molecule has 1 amide bonds. The zero-order chi connectivity index (χ0) is 26.2. The molecule has 184 valence electrons. The van der Waals surface area contributed by atoms with Crippen LogP contribution < -0.4 is 10.1 Å². The number of benzene rings is 3. The Bertz CT molecular complexity index is 1450. The van der Waals surface area contributed by atoms with Crippen LogP contribution in [-0.2, 0) is 4.79 Å². The smallest absolute Gasteiger partial charge is 0.269 e. The van der Waals surface area contributed by atoms with Gasteiger partial charge in [-0.25, -0.2) is 4.98 Å². The number of carbonyl (C=O) groups is 1. The molecular weight excluding hydrogens is 488 g/mol. The van der Waals surface area contributed by atoms with Gasteiger partial charge >= 0.3 is 0 Å². The van der Waals surface area contributed by atoms with Crippen molar-refractivity contribution in [3.63, 3.8) is 0 Å². The van der Waals surface area contributed by atoms with E-state index in [1.807, 2.05) is 67.6 Å². The van der Waals surface area contributed by atoms with E-state index in [2.05, 4.69) is 11.4 Å². The molecule has 1 N–H and O–H groups in total. The van der Waals surface area contributed by atoms with Crippen LogP contribution in [0.3, 0.4) is 0 Å². The quantitative estimate of drug-likeness (QED) is 0.159. The molecule has 8 nitrogen and oxygen atoms in total. The molecule has 0 aliphatic rings. The summed E-state index contributed by atoms with van der Waals surface area (Å²) in [5, 5.41) is 24.0. The van der Waals surface area contributed by atoms with Crippen molar-refractivity contribution < 1.29 is 14.5 Å². The maximum Gasteiger partial charge on any atom is 0.269 e. The summed E-state index contributed by atoms with van der Waals surface area (Å²) in [5.74, 6) is 0.428. The number of nitrogens with one attached hydrogen (secondary N) is 1. The molecular formula is C28H22N4O4S. The van der Waals surface area contributed by atoms with Crippen LogP contribution in [0.5, 0.6) is 5.75 Å². The van der Waals surface area contributed by atoms with Crippen LogP contribution >= 0.6 is 11.8 Å². The molecule has 37 heavy (non-hydrogen) atoms. The van der Waals surface area contributed by atoms with Gasteiger partial charge in [-0.15, -0.1) is 0 Å². The highest BCUT2D eigenvalue weighted by molar-refractivity contribution is 8.00. The van der Waals surface area contributed by atoms with Crippen LogP contribution in [0.1, 0.15) is 12.5 Å². The van der Waals surface area contributed by atoms with Crippen molar-refractivity contribution in [2.24, 2.45) is 0 Å². The number of rotatable bonds is 9. The number of hydrogen-bond donors (Lipinski definition) is 1. The lowest BCUT2D eigenvalue weighted by molar-refractivity contribution is -0.384. The normalized spacial score (nSPS) is 10.4. The molecule has 9 heteroatoms. The SMILES string of the molecule is CCOc1ccc(-c2cc(-c3ccccc3)c(C#N)c(SCC(=O)Nc3ccc([N+](=O)[O-])cc3)n2)cc1. The molecule has 0 saturated carbocycles. The topological polar surface area (TPSA) is 118 Å². The fourth-order valence-corrected chi connectivity index (χ4v) is 4.42. The largest absolute Gasteiger partial charge is 0.494 e. The first kappa shape index (κ1) is 25.4. The second kappa shape index (κ2) is 11.8. The first-order valence-corrected chi connectivity index (χ1v) is 12.4. The molecule has 1 heterocycles. The van der Waals surface area contributed by atoms with Gasteiger partial charge in [-0.05, 0) is 55.0 Å². The average Bonchev–Trinajstić information content (AvgIpc) is 2.92. The van der Waals surface area contributed by atoms with E-state index in [0.717, 1.165) is 34.2 Å². The van der Waals surface area contributed by atoms with Crippen LogP contribution in [0, 0.1) is 21.4 Å². The lowest BCUT2D eigenvalue weighted by atomic mass is 9.99. The molecule has 4 aromatic rings. The Kier molecular flexibility index (Phi) is 8.13. The molecule has 0 aliphatic carbocycles. The van der Waals surface area contributed by atoms with E-state index in [0.29, 0.717) is 28.6 Å². The van der Waals surface area contributed by atoms with E-state index >= 15 is 0 Å². The molecule has 0 radical (unpaired) electrons. The van der Waals surface area contributed by atoms with Crippen molar-refractivity contribution in [3.8, 4) is 34.2 Å². The van der Waals surface area contributed by atoms with Gasteiger partial charge in [0.25, 0.3) is 5.69 Å². The van der Waals surface area contributed by atoms with E-state index in [9.17, 15) is 20.2 Å². The Morgan fingerprint density at radius 2 is 1.76 bits per heavy atom. The zero-order valence-electron chi connectivity index (χ0n) is 19.9. The van der Waals surface area contributed by atoms with Crippen molar-refractivity contribution in [2.45, 2.75) is 11.9 Å². The summed E-state index contributed by atoms with van der Waals surface area (Å²) in [5.41, 5.74) is 3.87. The molecule has 1 aromatic heterocycles. The number of nitrogens with zero attached hydrogens (tertiary/aromatic N) is 3. The number of hydrogen-bond acceptors (Lipinski definition) is 7. The molecule has 0 fully saturated rings. The molecule has 0 bridgehead atoms. The first-order valence-electron chi connectivity index (χ1n) is 11.4. The Morgan fingerprint density at radius 3 is 2.38 bits per heavy atom. The van der Waals surface area contributed by atoms with Gasteiger partial charge in [0, 0.05) is 28.9 Å². The van der Waals surface area contributed by atoms with Crippen molar-refractivity contribution in [1.82, 2.24) is 4.98 Å². The fraction of sp³-hybridized carbons (Fsp3) is 0.107. The molecule has 0 aliphatic heterocycles. The number of nitro benzene ring substituents is 1. The minimum absolute atomic E-state index is 0.000369. The van der Waals surface area contributed by atoms with E-state index in [4.69, 9.17) is 9.72 Å². The second-order valence-electron chi connectivity index (χ2n) is 7.81. The predicted molar refractivity (Wildman–Crippen MR) is 143 cm³/mol. The molecule has 0 spiro atoms. The standard InChI is InChI=1S/C28H22N4O4S/c1-2-36-23-14-8-20(9-15-23)26-16-24(19-6-4-3-5-7-19)25(17-29)28(31-26)37-18-27(33)30-21-10-12-22(13-11-21)32(34)35/h3-16H,2,18H2,1H3,(H,30,33). The Labute approximate surface area is 218 Å². The summed E-state index contributed by atoms with van der Waals surface area (Å²) in [7, 11) is 0. The molecule has 0 saturated heterocycles. The number of aromatic nitrogens is 1. The van der Waals surface area contributed by atoms with Gasteiger partial charge in [0.15, 0.2) is 0 Å². The number of thioether (sulfide) groups is 1. The van der Waals surface area contributed by atoms with E-state index in [-0.39, 0.29) is 17.3 Å². The summed E-state index contributed by atoms with van der Waals surface area (Å²) in [6.45, 7) is 2.48. The summed E-state index contributed by atoms with van der Waals surface area (Å²) >= 11 is 1.16. The van der Waals surface area contributed by atoms with Crippen molar-refractivity contribution >= 4 is 29.0 Å². The summed E-state index contributed by atoms with van der Waals surface area (Å²) in [4.78, 5) is 27.7. The summed E-state index contributed by atoms with van der Waals surface area (Å²) < 4.78 is 5.54. The van der Waals surface area contributed by atoms with Crippen molar-refractivity contribution in [2.75, 3.05) is 17.7 Å². The Hall–Kier alpha value is -4.68. The van der Waals surface area contributed by atoms with E-state index < -0.39 is 4.92 Å². The van der Waals surface area contributed by atoms with Crippen LogP contribution in [0.15, 0.2) is 90.0 Å². The van der Waals surface area contributed by atoms with Crippen LogP contribution in [0.2, 0.25) is 0 Å². The van der Waals surface area contributed by atoms with Crippen molar-refractivity contribution in [1.29, 1.82) is 5.26 Å². The number of pyridine rings is 1. The van der Waals surface area contributed by atoms with E-state index in [1.54, 1.807) is 0 Å². The number of amides is 1. The third kappa shape index (κ3) is 6.31. The van der Waals surface area contributed by atoms with Gasteiger partial charge in [-0.1, -0.05) is 42.1 Å². The number of ether oxygens (including phenoxy) is 1. The highest BCUT2D eigenvalue weighted by Gasteiger charge is 2.17. The fourth-order valence-electron chi connectivity index (χ4n) is 3.61. The molecule has 4 rings (SSSR count). The molecule has 3 aromatic carbocycles. The van der Waals surface area contributed by atoms with Gasteiger partial charge < -0.3 is 10.1 Å². The number of nitro groups is 1. The molecule has 0 atom stereocenters. The predicted octanol–water partition coefficient (Wildman–Crippen LogP) is 6.32. The zero-order valence-corrected chi connectivity index (χ0v) is 20.7. The van der Waals surface area contributed by atoms with Gasteiger partial charge in [0.05, 0.1) is 28.5 Å². The highest BCUT2D eigenvalue weighted by Crippen LogP contribution is 2.34. The first-order chi connectivity index (χ1) is 18.0. The monoisotopic (exact) mass is 510 g/mol. The lowest BCUT2D eigenvalue weighted by Crippen LogP contribution is -2.14. The van der Waals surface area contributed by atoms with Crippen molar-refractivity contribution in [3.05, 3.63) is 101 Å². The third-order valence-corrected chi connectivity index (χ3v) is 6.32. The van der Waals surface area contributed by atoms with Crippen LogP contribution in [0.25, 0.3) is 22.4 Å². The van der Waals surface area contributed by atoms with Gasteiger partial charge in [0.1, 0.15) is 16.8 Å². The van der Waals surface area contributed by atoms with Gasteiger partial charge in [-0.3, -0.25) is 14.9 Å². The summed E-state index contributed by atoms with van der Waals surface area (Å²) in [6, 6.07) is 26.8.